The van der Waals surface area contributed by atoms with Gasteiger partial charge in [-0.2, -0.15) is 0 Å². The van der Waals surface area contributed by atoms with Crippen molar-refractivity contribution in [3.8, 4) is 0 Å². The molecule has 2 saturated heterocycles. The first-order chi connectivity index (χ1) is 11.9. The van der Waals surface area contributed by atoms with E-state index in [4.69, 9.17) is 4.74 Å². The summed E-state index contributed by atoms with van der Waals surface area (Å²) >= 11 is 0. The van der Waals surface area contributed by atoms with E-state index in [1.807, 2.05) is 18.2 Å². The third kappa shape index (κ3) is 3.55. The summed E-state index contributed by atoms with van der Waals surface area (Å²) in [6.07, 6.45) is 1.28. The van der Waals surface area contributed by atoms with E-state index in [1.54, 1.807) is 13.8 Å². The summed E-state index contributed by atoms with van der Waals surface area (Å²) in [7, 11) is 0. The number of amides is 1. The van der Waals surface area contributed by atoms with Gasteiger partial charge in [-0.15, -0.1) is 0 Å². The number of aliphatic carboxylic acids is 1. The number of ether oxygens (including phenoxy) is 1. The molecular formula is C19H26N2O4. The minimum atomic E-state index is -0.988. The second kappa shape index (κ2) is 7.14. The van der Waals surface area contributed by atoms with Crippen LogP contribution >= 0.6 is 0 Å². The van der Waals surface area contributed by atoms with Crippen LogP contribution in [-0.2, 0) is 20.9 Å². The van der Waals surface area contributed by atoms with Crippen LogP contribution in [0.25, 0.3) is 0 Å². The van der Waals surface area contributed by atoms with E-state index < -0.39 is 17.7 Å². The van der Waals surface area contributed by atoms with Gasteiger partial charge in [-0.1, -0.05) is 44.2 Å². The first-order valence-corrected chi connectivity index (χ1v) is 8.89. The number of benzene rings is 1. The normalized spacial score (nSPS) is 23.3. The lowest BCUT2D eigenvalue weighted by Crippen LogP contribution is -2.58. The van der Waals surface area contributed by atoms with E-state index in [0.717, 1.165) is 19.6 Å². The molecular weight excluding hydrogens is 320 g/mol. The van der Waals surface area contributed by atoms with Gasteiger partial charge in [0, 0.05) is 38.4 Å². The highest BCUT2D eigenvalue weighted by Gasteiger charge is 2.54. The largest absolute Gasteiger partial charge is 0.480 e. The molecule has 136 valence electrons. The number of hydrogen-bond donors (Lipinski definition) is 1. The number of likely N-dealkylation sites (tertiary alicyclic amines) is 1. The predicted molar refractivity (Wildman–Crippen MR) is 92.7 cm³/mol. The zero-order chi connectivity index (χ0) is 18.0. The molecule has 2 fully saturated rings. The lowest BCUT2D eigenvalue weighted by molar-refractivity contribution is -0.168. The average Bonchev–Trinajstić information content (AvgIpc) is 2.96. The maximum atomic E-state index is 12.7. The van der Waals surface area contributed by atoms with E-state index in [-0.39, 0.29) is 18.4 Å². The number of carboxylic acids is 1. The molecule has 2 heterocycles. The topological polar surface area (TPSA) is 70.1 Å². The second-order valence-electron chi connectivity index (χ2n) is 7.24. The Bertz CT molecular complexity index is 624. The maximum Gasteiger partial charge on any atom is 0.328 e. The first kappa shape index (κ1) is 17.9. The van der Waals surface area contributed by atoms with Gasteiger partial charge in [-0.25, -0.2) is 4.79 Å². The van der Waals surface area contributed by atoms with Crippen LogP contribution in [0.5, 0.6) is 0 Å². The lowest BCUT2D eigenvalue weighted by atomic mass is 9.96. The van der Waals surface area contributed by atoms with Crippen molar-refractivity contribution in [2.24, 2.45) is 5.92 Å². The van der Waals surface area contributed by atoms with Gasteiger partial charge >= 0.3 is 5.97 Å². The van der Waals surface area contributed by atoms with Gasteiger partial charge < -0.3 is 9.84 Å². The number of piperidine rings is 1. The summed E-state index contributed by atoms with van der Waals surface area (Å²) < 4.78 is 5.94. The second-order valence-corrected chi connectivity index (χ2v) is 7.24. The summed E-state index contributed by atoms with van der Waals surface area (Å²) in [6.45, 7) is 6.10. The van der Waals surface area contributed by atoms with Gasteiger partial charge in [0.2, 0.25) is 5.91 Å². The Balaban J connectivity index is 1.71. The predicted octanol–water partition coefficient (Wildman–Crippen LogP) is 1.95. The molecule has 25 heavy (non-hydrogen) atoms. The molecule has 1 atom stereocenters. The molecule has 1 amide bonds. The Kier molecular flexibility index (Phi) is 5.11. The molecule has 0 saturated carbocycles. The van der Waals surface area contributed by atoms with Crippen LogP contribution in [-0.4, -0.2) is 58.2 Å². The molecule has 0 bridgehead atoms. The third-order valence-corrected chi connectivity index (χ3v) is 5.16. The zero-order valence-electron chi connectivity index (χ0n) is 14.9. The van der Waals surface area contributed by atoms with Gasteiger partial charge in [-0.05, 0) is 5.56 Å². The van der Waals surface area contributed by atoms with Crippen molar-refractivity contribution in [1.82, 2.24) is 9.80 Å². The van der Waals surface area contributed by atoms with Gasteiger partial charge in [0.1, 0.15) is 5.72 Å². The van der Waals surface area contributed by atoms with Crippen LogP contribution in [0.3, 0.4) is 0 Å². The van der Waals surface area contributed by atoms with Crippen LogP contribution < -0.4 is 0 Å². The van der Waals surface area contributed by atoms with Crippen LogP contribution in [0.2, 0.25) is 0 Å². The van der Waals surface area contributed by atoms with Gasteiger partial charge in [0.05, 0.1) is 6.61 Å². The van der Waals surface area contributed by atoms with Crippen LogP contribution in [0.4, 0.5) is 0 Å². The SMILES string of the molecule is CC(C)C(=O)N1C(C(=O)O)COC12CCN(Cc1ccccc1)CC2. The summed E-state index contributed by atoms with van der Waals surface area (Å²) in [5, 5.41) is 9.49. The highest BCUT2D eigenvalue weighted by atomic mass is 16.5. The van der Waals surface area contributed by atoms with Gasteiger partial charge in [0.15, 0.2) is 6.04 Å². The Morgan fingerprint density at radius 3 is 2.44 bits per heavy atom. The highest BCUT2D eigenvalue weighted by molar-refractivity contribution is 5.86. The fourth-order valence-electron chi connectivity index (χ4n) is 3.76. The standard InChI is InChI=1S/C19H26N2O4/c1-14(2)17(22)21-16(18(23)24)13-25-19(21)8-10-20(11-9-19)12-15-6-4-3-5-7-15/h3-7,14,16H,8-13H2,1-2H3,(H,23,24). The maximum absolute atomic E-state index is 12.7. The van der Waals surface area contributed by atoms with Gasteiger partial charge in [0.25, 0.3) is 0 Å². The molecule has 1 aromatic carbocycles. The molecule has 0 aliphatic carbocycles. The Labute approximate surface area is 148 Å². The quantitative estimate of drug-likeness (QED) is 0.902. The van der Waals surface area contributed by atoms with E-state index >= 15 is 0 Å². The van der Waals surface area contributed by atoms with Crippen molar-refractivity contribution in [3.05, 3.63) is 35.9 Å². The summed E-state index contributed by atoms with van der Waals surface area (Å²) in [6, 6.07) is 9.39. The Morgan fingerprint density at radius 1 is 1.24 bits per heavy atom. The number of hydrogen-bond acceptors (Lipinski definition) is 4. The molecule has 6 nitrogen and oxygen atoms in total. The first-order valence-electron chi connectivity index (χ1n) is 8.89. The molecule has 2 aliphatic heterocycles. The molecule has 3 rings (SSSR count). The van der Waals surface area contributed by atoms with Crippen molar-refractivity contribution >= 4 is 11.9 Å². The number of rotatable bonds is 4. The molecule has 2 aliphatic rings. The van der Waals surface area contributed by atoms with Crippen molar-refractivity contribution in [2.75, 3.05) is 19.7 Å². The van der Waals surface area contributed by atoms with E-state index in [0.29, 0.717) is 12.8 Å². The molecule has 1 aromatic rings. The van der Waals surface area contributed by atoms with Crippen molar-refractivity contribution in [3.63, 3.8) is 0 Å². The van der Waals surface area contributed by atoms with Crippen molar-refractivity contribution in [2.45, 2.75) is 45.0 Å². The van der Waals surface area contributed by atoms with E-state index in [9.17, 15) is 14.7 Å². The molecule has 0 radical (unpaired) electrons. The van der Waals surface area contributed by atoms with Crippen molar-refractivity contribution < 1.29 is 19.4 Å². The molecule has 1 N–H and O–H groups in total. The van der Waals surface area contributed by atoms with Gasteiger partial charge in [-0.3, -0.25) is 14.6 Å². The monoisotopic (exact) mass is 346 g/mol. The van der Waals surface area contributed by atoms with E-state index in [1.165, 1.54) is 10.5 Å². The van der Waals surface area contributed by atoms with Crippen LogP contribution in [0, 0.1) is 5.92 Å². The molecule has 1 unspecified atom stereocenters. The summed E-state index contributed by atoms with van der Waals surface area (Å²) in [5.74, 6) is -1.37. The number of carbonyl (C=O) groups is 2. The fourth-order valence-corrected chi connectivity index (χ4v) is 3.76. The molecule has 0 aromatic heterocycles. The minimum absolute atomic E-state index is 0.0759. The number of nitrogens with zero attached hydrogens (tertiary/aromatic N) is 2. The van der Waals surface area contributed by atoms with Crippen molar-refractivity contribution in [1.29, 1.82) is 0 Å². The highest BCUT2D eigenvalue weighted by Crippen LogP contribution is 2.38. The zero-order valence-corrected chi connectivity index (χ0v) is 14.9. The van der Waals surface area contributed by atoms with Crippen LogP contribution in [0.15, 0.2) is 30.3 Å². The summed E-state index contributed by atoms with van der Waals surface area (Å²) in [5.41, 5.74) is 0.488. The smallest absolute Gasteiger partial charge is 0.328 e. The van der Waals surface area contributed by atoms with Crippen LogP contribution in [0.1, 0.15) is 32.3 Å². The number of carbonyl (C=O) groups excluding carboxylic acids is 1. The third-order valence-electron chi connectivity index (χ3n) is 5.16. The lowest BCUT2D eigenvalue weighted by Gasteiger charge is -2.44. The number of carboxylic acid groups (broad SMARTS) is 1. The Morgan fingerprint density at radius 2 is 1.88 bits per heavy atom. The molecule has 1 spiro atoms. The fraction of sp³-hybridized carbons (Fsp3) is 0.579. The Hall–Kier alpha value is -1.92. The summed E-state index contributed by atoms with van der Waals surface area (Å²) in [4.78, 5) is 28.1. The minimum Gasteiger partial charge on any atom is -0.480 e. The average molecular weight is 346 g/mol. The van der Waals surface area contributed by atoms with E-state index in [2.05, 4.69) is 17.0 Å². The molecule has 6 heteroatoms.